The minimum Gasteiger partial charge on any atom is -0.370 e. The Hall–Kier alpha value is -0.790. The molecule has 2 nitrogen and oxygen atoms in total. The molecule has 0 spiro atoms. The van der Waals surface area contributed by atoms with Crippen molar-refractivity contribution in [3.05, 3.63) is 11.6 Å². The third-order valence-corrected chi connectivity index (χ3v) is 4.01. The van der Waals surface area contributed by atoms with Gasteiger partial charge in [-0.15, -0.1) is 0 Å². The van der Waals surface area contributed by atoms with Gasteiger partial charge in [0, 0.05) is 6.42 Å². The van der Waals surface area contributed by atoms with Gasteiger partial charge in [-0.1, -0.05) is 64.0 Å². The molecular formula is C19H37NO. The van der Waals surface area contributed by atoms with Crippen LogP contribution in [0.4, 0.5) is 0 Å². The predicted molar refractivity (Wildman–Crippen MR) is 93.3 cm³/mol. The van der Waals surface area contributed by atoms with Crippen LogP contribution >= 0.6 is 0 Å². The molecule has 0 rings (SSSR count). The number of nitrogens with two attached hydrogens (primary N) is 1. The number of unbranched alkanes of at least 4 members (excludes halogenated alkanes) is 8. The number of hydrogen-bond donors (Lipinski definition) is 1. The monoisotopic (exact) mass is 295 g/mol. The number of allylic oxidation sites excluding steroid dienone is 2. The summed E-state index contributed by atoms with van der Waals surface area (Å²) in [6.07, 6.45) is 19.5. The average Bonchev–Trinajstić information content (AvgIpc) is 2.45. The van der Waals surface area contributed by atoms with Crippen LogP contribution in [0.2, 0.25) is 0 Å². The van der Waals surface area contributed by atoms with Gasteiger partial charge in [-0.2, -0.15) is 0 Å². The predicted octanol–water partition coefficient (Wildman–Crippen LogP) is 5.90. The first kappa shape index (κ1) is 20.2. The summed E-state index contributed by atoms with van der Waals surface area (Å²) in [7, 11) is 0. The molecule has 0 aromatic heterocycles. The molecule has 0 fully saturated rings. The smallest absolute Gasteiger partial charge is 0.217 e. The first-order valence-electron chi connectivity index (χ1n) is 9.16. The number of amides is 1. The number of rotatable bonds is 15. The normalized spacial score (nSPS) is 10.6. The van der Waals surface area contributed by atoms with Crippen LogP contribution in [-0.2, 0) is 4.79 Å². The van der Waals surface area contributed by atoms with Crippen molar-refractivity contribution in [2.24, 2.45) is 5.73 Å². The van der Waals surface area contributed by atoms with Crippen LogP contribution in [0, 0.1) is 0 Å². The second-order valence-corrected chi connectivity index (χ2v) is 6.20. The molecule has 0 aromatic carbocycles. The Labute approximate surface area is 132 Å². The van der Waals surface area contributed by atoms with Crippen molar-refractivity contribution >= 4 is 5.91 Å². The molecule has 2 N–H and O–H groups in total. The van der Waals surface area contributed by atoms with Gasteiger partial charge in [0.15, 0.2) is 0 Å². The maximum atomic E-state index is 10.6. The van der Waals surface area contributed by atoms with E-state index in [0.29, 0.717) is 6.42 Å². The van der Waals surface area contributed by atoms with Crippen LogP contribution in [-0.4, -0.2) is 5.91 Å². The molecule has 0 heterocycles. The third-order valence-electron chi connectivity index (χ3n) is 4.01. The lowest BCUT2D eigenvalue weighted by Gasteiger charge is -2.07. The first-order chi connectivity index (χ1) is 10.2. The maximum Gasteiger partial charge on any atom is 0.217 e. The van der Waals surface area contributed by atoms with Crippen molar-refractivity contribution in [3.8, 4) is 0 Å². The van der Waals surface area contributed by atoms with Gasteiger partial charge in [0.05, 0.1) is 0 Å². The van der Waals surface area contributed by atoms with Gasteiger partial charge >= 0.3 is 0 Å². The van der Waals surface area contributed by atoms with E-state index in [9.17, 15) is 4.79 Å². The molecule has 0 saturated carbocycles. The summed E-state index contributed by atoms with van der Waals surface area (Å²) in [4.78, 5) is 10.6. The number of primary amides is 1. The van der Waals surface area contributed by atoms with Gasteiger partial charge in [-0.05, 0) is 44.9 Å². The Morgan fingerprint density at radius 3 is 1.81 bits per heavy atom. The largest absolute Gasteiger partial charge is 0.370 e. The highest BCUT2D eigenvalue weighted by molar-refractivity contribution is 5.73. The summed E-state index contributed by atoms with van der Waals surface area (Å²) in [6.45, 7) is 4.54. The molecule has 124 valence electrons. The molecule has 0 aliphatic rings. The zero-order valence-corrected chi connectivity index (χ0v) is 14.5. The minimum absolute atomic E-state index is 0.163. The minimum atomic E-state index is -0.163. The van der Waals surface area contributed by atoms with Crippen LogP contribution in [0.3, 0.4) is 0 Å². The van der Waals surface area contributed by atoms with Crippen LogP contribution in [0.15, 0.2) is 11.6 Å². The molecule has 0 aliphatic heterocycles. The lowest BCUT2D eigenvalue weighted by Crippen LogP contribution is -2.09. The summed E-state index contributed by atoms with van der Waals surface area (Å²) >= 11 is 0. The molecule has 0 aliphatic carbocycles. The second-order valence-electron chi connectivity index (χ2n) is 6.20. The van der Waals surface area contributed by atoms with Crippen molar-refractivity contribution in [1.82, 2.24) is 0 Å². The average molecular weight is 296 g/mol. The first-order valence-corrected chi connectivity index (χ1v) is 9.16. The molecule has 21 heavy (non-hydrogen) atoms. The molecule has 0 aromatic rings. The van der Waals surface area contributed by atoms with Gasteiger partial charge < -0.3 is 5.73 Å². The molecule has 1 amide bonds. The Morgan fingerprint density at radius 2 is 1.29 bits per heavy atom. The SMILES string of the molecule is CCCCCC(=CCCCCCCC(N)=O)CCCCC. The van der Waals surface area contributed by atoms with E-state index in [2.05, 4.69) is 19.9 Å². The topological polar surface area (TPSA) is 43.1 Å². The van der Waals surface area contributed by atoms with Crippen molar-refractivity contribution in [2.45, 2.75) is 104 Å². The molecule has 0 atom stereocenters. The van der Waals surface area contributed by atoms with E-state index >= 15 is 0 Å². The fraction of sp³-hybridized carbons (Fsp3) is 0.842. The molecule has 0 radical (unpaired) electrons. The summed E-state index contributed by atoms with van der Waals surface area (Å²) in [5.74, 6) is -0.163. The summed E-state index contributed by atoms with van der Waals surface area (Å²) in [5, 5.41) is 0. The van der Waals surface area contributed by atoms with Crippen LogP contribution in [0.1, 0.15) is 104 Å². The van der Waals surface area contributed by atoms with Crippen molar-refractivity contribution in [2.75, 3.05) is 0 Å². The fourth-order valence-corrected chi connectivity index (χ4v) is 2.64. The highest BCUT2D eigenvalue weighted by atomic mass is 16.1. The number of carbonyl (C=O) groups excluding carboxylic acids is 1. The molecule has 0 unspecified atom stereocenters. The van der Waals surface area contributed by atoms with Gasteiger partial charge in [0.1, 0.15) is 0 Å². The quantitative estimate of drug-likeness (QED) is 0.296. The highest BCUT2D eigenvalue weighted by Gasteiger charge is 1.99. The van der Waals surface area contributed by atoms with Crippen molar-refractivity contribution in [3.63, 3.8) is 0 Å². The lowest BCUT2D eigenvalue weighted by molar-refractivity contribution is -0.118. The fourth-order valence-electron chi connectivity index (χ4n) is 2.64. The number of hydrogen-bond acceptors (Lipinski definition) is 1. The summed E-state index contributed by atoms with van der Waals surface area (Å²) in [5.41, 5.74) is 6.83. The van der Waals surface area contributed by atoms with Crippen molar-refractivity contribution in [1.29, 1.82) is 0 Å². The summed E-state index contributed by atoms with van der Waals surface area (Å²) in [6, 6.07) is 0. The Kier molecular flexibility index (Phi) is 15.0. The molecule has 0 bridgehead atoms. The van der Waals surface area contributed by atoms with Gasteiger partial charge in [-0.25, -0.2) is 0 Å². The van der Waals surface area contributed by atoms with Crippen LogP contribution in [0.5, 0.6) is 0 Å². The number of carbonyl (C=O) groups is 1. The lowest BCUT2D eigenvalue weighted by atomic mass is 9.99. The molecular weight excluding hydrogens is 258 g/mol. The van der Waals surface area contributed by atoms with E-state index in [1.165, 1.54) is 70.6 Å². The van der Waals surface area contributed by atoms with E-state index in [1.54, 1.807) is 5.57 Å². The second kappa shape index (κ2) is 15.6. The van der Waals surface area contributed by atoms with Crippen molar-refractivity contribution < 1.29 is 4.79 Å². The van der Waals surface area contributed by atoms with Gasteiger partial charge in [0.2, 0.25) is 5.91 Å². The molecule has 2 heteroatoms. The Balaban J connectivity index is 3.79. The van der Waals surface area contributed by atoms with E-state index in [1.807, 2.05) is 0 Å². The Morgan fingerprint density at radius 1 is 0.762 bits per heavy atom. The van der Waals surface area contributed by atoms with E-state index < -0.39 is 0 Å². The van der Waals surface area contributed by atoms with E-state index in [4.69, 9.17) is 5.73 Å². The summed E-state index contributed by atoms with van der Waals surface area (Å²) < 4.78 is 0. The zero-order valence-electron chi connectivity index (χ0n) is 14.5. The van der Waals surface area contributed by atoms with Crippen LogP contribution in [0.25, 0.3) is 0 Å². The van der Waals surface area contributed by atoms with Crippen LogP contribution < -0.4 is 5.73 Å². The highest BCUT2D eigenvalue weighted by Crippen LogP contribution is 2.18. The van der Waals surface area contributed by atoms with E-state index in [0.717, 1.165) is 12.8 Å². The third kappa shape index (κ3) is 15.4. The standard InChI is InChI=1S/C19H37NO/c1-3-5-10-14-18(15-11-6-4-2)16-12-8-7-9-13-17-19(20)21/h16H,3-15,17H2,1-2H3,(H2,20,21). The van der Waals surface area contributed by atoms with Gasteiger partial charge in [-0.3, -0.25) is 4.79 Å². The maximum absolute atomic E-state index is 10.6. The molecule has 0 saturated heterocycles. The Bertz CT molecular complexity index is 259. The van der Waals surface area contributed by atoms with E-state index in [-0.39, 0.29) is 5.91 Å². The van der Waals surface area contributed by atoms with Gasteiger partial charge in [0.25, 0.3) is 0 Å². The zero-order chi connectivity index (χ0) is 15.8.